The van der Waals surface area contributed by atoms with E-state index in [4.69, 9.17) is 0 Å². The maximum absolute atomic E-state index is 12.8. The molecule has 0 bridgehead atoms. The SMILES string of the molecule is CCC(NC(=O)c1ccc2nc(C(F)F)[nH]c2c1)c1ccccc1OC(F)F. The lowest BCUT2D eigenvalue weighted by atomic mass is 10.0. The molecule has 0 aliphatic heterocycles. The van der Waals surface area contributed by atoms with Gasteiger partial charge in [-0.05, 0) is 30.7 Å². The van der Waals surface area contributed by atoms with Crippen LogP contribution in [0.2, 0.25) is 0 Å². The van der Waals surface area contributed by atoms with Crippen molar-refractivity contribution in [2.45, 2.75) is 32.4 Å². The first-order valence-corrected chi connectivity index (χ1v) is 8.51. The Hall–Kier alpha value is -3.10. The Kier molecular flexibility index (Phi) is 5.81. The van der Waals surface area contributed by atoms with Crippen LogP contribution in [0.4, 0.5) is 17.6 Å². The van der Waals surface area contributed by atoms with E-state index >= 15 is 0 Å². The van der Waals surface area contributed by atoms with Crippen molar-refractivity contribution in [1.29, 1.82) is 0 Å². The molecule has 1 unspecified atom stereocenters. The molecule has 0 spiro atoms. The Bertz CT molecular complexity index is 975. The van der Waals surface area contributed by atoms with Crippen LogP contribution < -0.4 is 10.1 Å². The number of hydrogen-bond donors (Lipinski definition) is 2. The number of amides is 1. The van der Waals surface area contributed by atoms with Gasteiger partial charge in [-0.15, -0.1) is 0 Å². The number of H-pyrrole nitrogens is 1. The van der Waals surface area contributed by atoms with Gasteiger partial charge in [0.05, 0.1) is 17.1 Å². The minimum absolute atomic E-state index is 0.0183. The fraction of sp³-hybridized carbons (Fsp3) is 0.263. The van der Waals surface area contributed by atoms with E-state index in [1.807, 2.05) is 0 Å². The van der Waals surface area contributed by atoms with Gasteiger partial charge in [0.15, 0.2) is 5.82 Å². The van der Waals surface area contributed by atoms with Crippen LogP contribution in [-0.2, 0) is 0 Å². The molecule has 0 fully saturated rings. The Labute approximate surface area is 157 Å². The van der Waals surface area contributed by atoms with Crippen molar-refractivity contribution in [2.75, 3.05) is 0 Å². The Balaban J connectivity index is 1.84. The van der Waals surface area contributed by atoms with Gasteiger partial charge in [0.1, 0.15) is 5.75 Å². The number of fused-ring (bicyclic) bond motifs is 1. The van der Waals surface area contributed by atoms with Crippen LogP contribution in [0.5, 0.6) is 5.75 Å². The summed E-state index contributed by atoms with van der Waals surface area (Å²) in [6.07, 6.45) is -2.32. The number of aromatic amines is 1. The van der Waals surface area contributed by atoms with Crippen LogP contribution in [0.25, 0.3) is 11.0 Å². The van der Waals surface area contributed by atoms with Gasteiger partial charge in [-0.3, -0.25) is 4.79 Å². The Morgan fingerprint density at radius 2 is 1.93 bits per heavy atom. The predicted molar refractivity (Wildman–Crippen MR) is 94.6 cm³/mol. The second kappa shape index (κ2) is 8.28. The highest BCUT2D eigenvalue weighted by Gasteiger charge is 2.20. The van der Waals surface area contributed by atoms with E-state index in [-0.39, 0.29) is 11.3 Å². The number of carbonyl (C=O) groups is 1. The van der Waals surface area contributed by atoms with Gasteiger partial charge in [-0.25, -0.2) is 13.8 Å². The molecule has 1 aromatic heterocycles. The van der Waals surface area contributed by atoms with Gasteiger partial charge >= 0.3 is 6.61 Å². The third kappa shape index (κ3) is 4.24. The number of hydrogen-bond acceptors (Lipinski definition) is 3. The summed E-state index contributed by atoms with van der Waals surface area (Å²) >= 11 is 0. The molecule has 2 N–H and O–H groups in total. The normalized spacial score (nSPS) is 12.5. The zero-order chi connectivity index (χ0) is 20.3. The first-order valence-electron chi connectivity index (χ1n) is 8.51. The maximum Gasteiger partial charge on any atom is 0.387 e. The molecule has 2 aromatic carbocycles. The number of benzene rings is 2. The van der Waals surface area contributed by atoms with Crippen LogP contribution >= 0.6 is 0 Å². The van der Waals surface area contributed by atoms with Crippen molar-refractivity contribution < 1.29 is 27.1 Å². The average Bonchev–Trinajstić information content (AvgIpc) is 3.10. The van der Waals surface area contributed by atoms with Crippen molar-refractivity contribution in [3.63, 3.8) is 0 Å². The second-order valence-corrected chi connectivity index (χ2v) is 6.01. The molecule has 0 saturated carbocycles. The molecule has 3 rings (SSSR count). The van der Waals surface area contributed by atoms with Gasteiger partial charge in [0, 0.05) is 11.1 Å². The lowest BCUT2D eigenvalue weighted by Crippen LogP contribution is -2.28. The highest BCUT2D eigenvalue weighted by atomic mass is 19.3. The molecule has 148 valence electrons. The summed E-state index contributed by atoms with van der Waals surface area (Å²) in [6, 6.07) is 9.98. The molecule has 5 nitrogen and oxygen atoms in total. The predicted octanol–water partition coefficient (Wildman–Crippen LogP) is 4.98. The number of carbonyl (C=O) groups excluding carboxylic acids is 1. The molecule has 0 aliphatic rings. The van der Waals surface area contributed by atoms with E-state index < -0.39 is 30.8 Å². The molecule has 9 heteroatoms. The van der Waals surface area contributed by atoms with Crippen LogP contribution in [-0.4, -0.2) is 22.5 Å². The van der Waals surface area contributed by atoms with Gasteiger partial charge < -0.3 is 15.0 Å². The van der Waals surface area contributed by atoms with E-state index in [1.165, 1.54) is 24.3 Å². The van der Waals surface area contributed by atoms with Crippen LogP contribution in [0, 0.1) is 0 Å². The zero-order valence-corrected chi connectivity index (χ0v) is 14.8. The topological polar surface area (TPSA) is 67.0 Å². The first-order chi connectivity index (χ1) is 13.4. The van der Waals surface area contributed by atoms with Gasteiger partial charge in [-0.1, -0.05) is 25.1 Å². The molecule has 28 heavy (non-hydrogen) atoms. The molecular weight excluding hydrogens is 378 g/mol. The summed E-state index contributed by atoms with van der Waals surface area (Å²) in [7, 11) is 0. The molecule has 0 radical (unpaired) electrons. The number of nitrogens with zero attached hydrogens (tertiary/aromatic N) is 1. The quantitative estimate of drug-likeness (QED) is 0.555. The highest BCUT2D eigenvalue weighted by molar-refractivity contribution is 5.97. The fourth-order valence-corrected chi connectivity index (χ4v) is 2.89. The van der Waals surface area contributed by atoms with Crippen molar-refractivity contribution >= 4 is 16.9 Å². The Morgan fingerprint density at radius 1 is 1.18 bits per heavy atom. The number of halogens is 4. The van der Waals surface area contributed by atoms with Gasteiger partial charge in [0.25, 0.3) is 12.3 Å². The summed E-state index contributed by atoms with van der Waals surface area (Å²) in [5.74, 6) is -0.971. The van der Waals surface area contributed by atoms with Crippen LogP contribution in [0.15, 0.2) is 42.5 Å². The smallest absolute Gasteiger partial charge is 0.387 e. The maximum atomic E-state index is 12.8. The van der Waals surface area contributed by atoms with Crippen LogP contribution in [0.1, 0.15) is 47.6 Å². The number of ether oxygens (including phenoxy) is 1. The monoisotopic (exact) mass is 395 g/mol. The minimum Gasteiger partial charge on any atom is -0.434 e. The lowest BCUT2D eigenvalue weighted by molar-refractivity contribution is -0.0506. The molecule has 1 atom stereocenters. The molecular formula is C19H17F4N3O2. The van der Waals surface area contributed by atoms with Gasteiger partial charge in [-0.2, -0.15) is 8.78 Å². The fourth-order valence-electron chi connectivity index (χ4n) is 2.89. The van der Waals surface area contributed by atoms with E-state index in [2.05, 4.69) is 20.0 Å². The molecule has 1 amide bonds. The van der Waals surface area contributed by atoms with Crippen molar-refractivity contribution in [3.8, 4) is 5.75 Å². The first kappa shape index (κ1) is 19.7. The standard InChI is InChI=1S/C19H17F4N3O2/c1-2-12(11-5-3-4-6-15(11)28-19(22)23)26-18(27)10-7-8-13-14(9-10)25-17(24-13)16(20)21/h3-9,12,16,19H,2H2,1H3,(H,24,25)(H,26,27). The molecule has 0 aliphatic carbocycles. The van der Waals surface area contributed by atoms with Crippen molar-refractivity contribution in [2.24, 2.45) is 0 Å². The van der Waals surface area contributed by atoms with Gasteiger partial charge in [0.2, 0.25) is 0 Å². The number of nitrogens with one attached hydrogen (secondary N) is 2. The lowest BCUT2D eigenvalue weighted by Gasteiger charge is -2.20. The van der Waals surface area contributed by atoms with E-state index in [9.17, 15) is 22.4 Å². The number of rotatable bonds is 7. The Morgan fingerprint density at radius 3 is 2.61 bits per heavy atom. The molecule has 1 heterocycles. The summed E-state index contributed by atoms with van der Waals surface area (Å²) in [4.78, 5) is 18.8. The summed E-state index contributed by atoms with van der Waals surface area (Å²) in [6.45, 7) is -1.20. The third-order valence-electron chi connectivity index (χ3n) is 4.19. The van der Waals surface area contributed by atoms with Crippen LogP contribution in [0.3, 0.4) is 0 Å². The number of imidazole rings is 1. The highest BCUT2D eigenvalue weighted by Crippen LogP contribution is 2.29. The minimum atomic E-state index is -2.99. The van der Waals surface area contributed by atoms with E-state index in [0.717, 1.165) is 0 Å². The molecule has 3 aromatic rings. The number of para-hydroxylation sites is 1. The number of alkyl halides is 4. The molecule has 0 saturated heterocycles. The van der Waals surface area contributed by atoms with E-state index in [1.54, 1.807) is 25.1 Å². The number of aromatic nitrogens is 2. The van der Waals surface area contributed by atoms with Crippen molar-refractivity contribution in [1.82, 2.24) is 15.3 Å². The average molecular weight is 395 g/mol. The third-order valence-corrected chi connectivity index (χ3v) is 4.19. The summed E-state index contributed by atoms with van der Waals surface area (Å²) < 4.78 is 55.3. The zero-order valence-electron chi connectivity index (χ0n) is 14.8. The summed E-state index contributed by atoms with van der Waals surface area (Å²) in [5, 5.41) is 2.76. The second-order valence-electron chi connectivity index (χ2n) is 6.01. The van der Waals surface area contributed by atoms with E-state index in [0.29, 0.717) is 23.0 Å². The largest absolute Gasteiger partial charge is 0.434 e. The van der Waals surface area contributed by atoms with Crippen molar-refractivity contribution in [3.05, 3.63) is 59.4 Å². The summed E-state index contributed by atoms with van der Waals surface area (Å²) in [5.41, 5.74) is 1.26.